The first-order chi connectivity index (χ1) is 9.86. The van der Waals surface area contributed by atoms with Crippen molar-refractivity contribution < 1.29 is 29.0 Å². The highest BCUT2D eigenvalue weighted by molar-refractivity contribution is 6.38. The molecule has 0 amide bonds. The van der Waals surface area contributed by atoms with Crippen LogP contribution in [0.1, 0.15) is 20.3 Å². The van der Waals surface area contributed by atoms with Gasteiger partial charge in [0, 0.05) is 0 Å². The molecule has 0 aromatic heterocycles. The quantitative estimate of drug-likeness (QED) is 0.471. The normalized spacial score (nSPS) is 13.1. The summed E-state index contributed by atoms with van der Waals surface area (Å²) in [5.41, 5.74) is 0. The third kappa shape index (κ3) is 4.75. The van der Waals surface area contributed by atoms with Gasteiger partial charge >= 0.3 is 11.9 Å². The van der Waals surface area contributed by atoms with Gasteiger partial charge in [-0.2, -0.15) is 0 Å². The minimum absolute atomic E-state index is 0.0277. The van der Waals surface area contributed by atoms with Gasteiger partial charge in [0.1, 0.15) is 5.75 Å². The van der Waals surface area contributed by atoms with E-state index in [2.05, 4.69) is 0 Å². The number of hydrogen-bond donors (Lipinski definition) is 1. The monoisotopic (exact) mass is 314 g/mol. The molecule has 0 heterocycles. The summed E-state index contributed by atoms with van der Waals surface area (Å²) in [5, 5.41) is 8.92. The van der Waals surface area contributed by atoms with Gasteiger partial charge in [-0.1, -0.05) is 30.7 Å². The first kappa shape index (κ1) is 17.0. The highest BCUT2D eigenvalue weighted by atomic mass is 35.5. The molecular formula is C14H15ClO6. The molecule has 0 spiro atoms. The van der Waals surface area contributed by atoms with Crippen LogP contribution in [-0.2, 0) is 19.1 Å². The number of carboxylic acids is 1. The first-order valence-electron chi connectivity index (χ1n) is 6.25. The number of carboxylic acid groups (broad SMARTS) is 1. The second-order valence-corrected chi connectivity index (χ2v) is 4.66. The zero-order valence-electron chi connectivity index (χ0n) is 11.5. The van der Waals surface area contributed by atoms with Crippen LogP contribution >= 0.6 is 11.6 Å². The molecule has 2 unspecified atom stereocenters. The molecule has 0 saturated carbocycles. The van der Waals surface area contributed by atoms with E-state index in [1.807, 2.05) is 0 Å². The molecule has 0 bridgehead atoms. The Labute approximate surface area is 126 Å². The standard InChI is InChI=1S/C14H15ClO6/c1-3-8(2)20-14(19)12(11(16)13(17)18)21-10-7-5-4-6-9(10)15/h4-8,12H,3H2,1-2H3,(H,17,18). The molecule has 1 N–H and O–H groups in total. The summed E-state index contributed by atoms with van der Waals surface area (Å²) in [7, 11) is 0. The molecule has 0 fully saturated rings. The van der Waals surface area contributed by atoms with Gasteiger partial charge in [-0.15, -0.1) is 0 Å². The van der Waals surface area contributed by atoms with Crippen molar-refractivity contribution in [2.45, 2.75) is 32.5 Å². The number of para-hydroxylation sites is 1. The maximum absolute atomic E-state index is 11.9. The number of ketones is 1. The molecule has 21 heavy (non-hydrogen) atoms. The third-order valence-corrected chi connectivity index (χ3v) is 2.95. The number of rotatable bonds is 7. The van der Waals surface area contributed by atoms with E-state index < -0.39 is 29.9 Å². The van der Waals surface area contributed by atoms with Crippen molar-refractivity contribution in [2.24, 2.45) is 0 Å². The van der Waals surface area contributed by atoms with E-state index >= 15 is 0 Å². The Morgan fingerprint density at radius 3 is 2.43 bits per heavy atom. The van der Waals surface area contributed by atoms with Crippen LogP contribution in [0.5, 0.6) is 5.75 Å². The molecule has 1 aromatic rings. The van der Waals surface area contributed by atoms with E-state index in [9.17, 15) is 14.4 Å². The predicted octanol–water partition coefficient (Wildman–Crippen LogP) is 2.08. The Bertz CT molecular complexity index is 542. The summed E-state index contributed by atoms with van der Waals surface area (Å²) >= 11 is 5.85. The highest BCUT2D eigenvalue weighted by Crippen LogP contribution is 2.24. The van der Waals surface area contributed by atoms with Gasteiger partial charge in [0.05, 0.1) is 11.1 Å². The Kier molecular flexibility index (Phi) is 6.17. The van der Waals surface area contributed by atoms with Crippen LogP contribution in [-0.4, -0.2) is 35.0 Å². The van der Waals surface area contributed by atoms with Crippen molar-refractivity contribution >= 4 is 29.3 Å². The molecule has 114 valence electrons. The molecule has 0 aliphatic carbocycles. The predicted molar refractivity (Wildman–Crippen MR) is 74.4 cm³/mol. The van der Waals surface area contributed by atoms with Gasteiger partial charge in [0.2, 0.25) is 0 Å². The average molecular weight is 315 g/mol. The first-order valence-corrected chi connectivity index (χ1v) is 6.63. The van der Waals surface area contributed by atoms with E-state index in [1.54, 1.807) is 26.0 Å². The highest BCUT2D eigenvalue weighted by Gasteiger charge is 2.36. The second-order valence-electron chi connectivity index (χ2n) is 4.25. The molecular weight excluding hydrogens is 300 g/mol. The SMILES string of the molecule is CCC(C)OC(=O)C(Oc1ccccc1Cl)C(=O)C(=O)O. The molecule has 0 aliphatic rings. The topological polar surface area (TPSA) is 89.9 Å². The maximum Gasteiger partial charge on any atom is 0.376 e. The number of benzene rings is 1. The number of ether oxygens (including phenoxy) is 2. The van der Waals surface area contributed by atoms with Crippen LogP contribution in [0.15, 0.2) is 24.3 Å². The van der Waals surface area contributed by atoms with Crippen LogP contribution < -0.4 is 4.74 Å². The van der Waals surface area contributed by atoms with Crippen LogP contribution in [0.4, 0.5) is 0 Å². The van der Waals surface area contributed by atoms with Gasteiger partial charge in [-0.25, -0.2) is 9.59 Å². The minimum atomic E-state index is -1.89. The second kappa shape index (κ2) is 7.64. The van der Waals surface area contributed by atoms with Crippen molar-refractivity contribution in [1.29, 1.82) is 0 Å². The van der Waals surface area contributed by atoms with Crippen molar-refractivity contribution in [3.8, 4) is 5.75 Å². The Morgan fingerprint density at radius 1 is 1.29 bits per heavy atom. The summed E-state index contributed by atoms with van der Waals surface area (Å²) in [6.45, 7) is 3.40. The number of aliphatic carboxylic acids is 1. The van der Waals surface area contributed by atoms with Gasteiger partial charge < -0.3 is 14.6 Å². The van der Waals surface area contributed by atoms with Crippen LogP contribution in [0.2, 0.25) is 5.02 Å². The van der Waals surface area contributed by atoms with Crippen LogP contribution in [0.3, 0.4) is 0 Å². The molecule has 1 rings (SSSR count). The lowest BCUT2D eigenvalue weighted by atomic mass is 10.2. The lowest BCUT2D eigenvalue weighted by Gasteiger charge is -2.18. The number of esters is 1. The Balaban J connectivity index is 2.98. The van der Waals surface area contributed by atoms with Gasteiger partial charge in [-0.05, 0) is 25.5 Å². The van der Waals surface area contributed by atoms with E-state index in [0.717, 1.165) is 0 Å². The van der Waals surface area contributed by atoms with Crippen molar-refractivity contribution in [3.05, 3.63) is 29.3 Å². The molecule has 7 heteroatoms. The fourth-order valence-corrected chi connectivity index (χ4v) is 1.51. The molecule has 2 atom stereocenters. The third-order valence-electron chi connectivity index (χ3n) is 2.64. The number of carbonyl (C=O) groups excluding carboxylic acids is 2. The fraction of sp³-hybridized carbons (Fsp3) is 0.357. The molecule has 0 aliphatic heterocycles. The van der Waals surface area contributed by atoms with Gasteiger partial charge in [0.25, 0.3) is 11.9 Å². The zero-order chi connectivity index (χ0) is 16.0. The zero-order valence-corrected chi connectivity index (χ0v) is 12.3. The van der Waals surface area contributed by atoms with E-state index in [1.165, 1.54) is 12.1 Å². The Hall–Kier alpha value is -2.08. The smallest absolute Gasteiger partial charge is 0.376 e. The maximum atomic E-state index is 11.9. The summed E-state index contributed by atoms with van der Waals surface area (Å²) in [6, 6.07) is 6.10. The number of Topliss-reactive ketones (excluding diaryl/α,β-unsaturated/α-hetero) is 1. The van der Waals surface area contributed by atoms with Gasteiger partial charge in [-0.3, -0.25) is 4.79 Å². The summed E-state index contributed by atoms with van der Waals surface area (Å²) < 4.78 is 10.1. The molecule has 0 saturated heterocycles. The fourth-order valence-electron chi connectivity index (χ4n) is 1.33. The molecule has 1 aromatic carbocycles. The lowest BCUT2D eigenvalue weighted by Crippen LogP contribution is -2.42. The minimum Gasteiger partial charge on any atom is -0.475 e. The van der Waals surface area contributed by atoms with Crippen molar-refractivity contribution in [3.63, 3.8) is 0 Å². The van der Waals surface area contributed by atoms with Crippen LogP contribution in [0.25, 0.3) is 0 Å². The molecule has 6 nitrogen and oxygen atoms in total. The summed E-state index contributed by atoms with van der Waals surface area (Å²) in [6.07, 6.45) is -1.83. The van der Waals surface area contributed by atoms with Crippen LogP contribution in [0, 0.1) is 0 Å². The summed E-state index contributed by atoms with van der Waals surface area (Å²) in [5.74, 6) is -4.23. The van der Waals surface area contributed by atoms with Crippen molar-refractivity contribution in [1.82, 2.24) is 0 Å². The van der Waals surface area contributed by atoms with E-state index in [-0.39, 0.29) is 10.8 Å². The van der Waals surface area contributed by atoms with E-state index in [4.69, 9.17) is 26.2 Å². The molecule has 0 radical (unpaired) electrons. The average Bonchev–Trinajstić information content (AvgIpc) is 2.45. The lowest BCUT2D eigenvalue weighted by molar-refractivity contribution is -0.165. The summed E-state index contributed by atoms with van der Waals surface area (Å²) in [4.78, 5) is 34.3. The van der Waals surface area contributed by atoms with E-state index in [0.29, 0.717) is 6.42 Å². The van der Waals surface area contributed by atoms with Crippen molar-refractivity contribution in [2.75, 3.05) is 0 Å². The number of carbonyl (C=O) groups is 3. The largest absolute Gasteiger partial charge is 0.475 e. The number of halogens is 1. The number of hydrogen-bond acceptors (Lipinski definition) is 5. The Morgan fingerprint density at radius 2 is 1.90 bits per heavy atom. The van der Waals surface area contributed by atoms with Gasteiger partial charge in [0.15, 0.2) is 0 Å².